The van der Waals surface area contributed by atoms with Crippen LogP contribution in [0, 0.1) is 5.92 Å². The molecule has 6 heteroatoms. The minimum Gasteiger partial charge on any atom is -0.394 e. The molecule has 0 amide bonds. The molecule has 182 valence electrons. The molecule has 3 aliphatic rings. The summed E-state index contributed by atoms with van der Waals surface area (Å²) in [6.07, 6.45) is 10.3. The predicted molar refractivity (Wildman–Crippen MR) is 128 cm³/mol. The van der Waals surface area contributed by atoms with Gasteiger partial charge in [0.25, 0.3) is 0 Å². The molecule has 2 heterocycles. The zero-order valence-corrected chi connectivity index (χ0v) is 20.4. The van der Waals surface area contributed by atoms with Crippen molar-refractivity contribution in [3.8, 4) is 0 Å². The number of hydrogen-bond acceptors (Lipinski definition) is 6. The fourth-order valence-corrected chi connectivity index (χ4v) is 3.48. The third-order valence-electron chi connectivity index (χ3n) is 5.13. The van der Waals surface area contributed by atoms with E-state index >= 15 is 0 Å². The normalized spacial score (nSPS) is 33.1. The highest BCUT2D eigenvalue weighted by Crippen LogP contribution is 2.34. The van der Waals surface area contributed by atoms with Gasteiger partial charge in [-0.15, -0.1) is 0 Å². The van der Waals surface area contributed by atoms with Crippen LogP contribution in [0.2, 0.25) is 0 Å². The van der Waals surface area contributed by atoms with Gasteiger partial charge in [-0.3, -0.25) is 0 Å². The molecule has 32 heavy (non-hydrogen) atoms. The SMILES string of the molecule is C=C/C(=C\C=C/C)C1OCC2OC(C3=CCC(C)C=C3)OC(C(O)CO)C2O1.CC.CC. The van der Waals surface area contributed by atoms with Crippen LogP contribution in [0.5, 0.6) is 0 Å². The summed E-state index contributed by atoms with van der Waals surface area (Å²) in [4.78, 5) is 0. The van der Waals surface area contributed by atoms with Crippen LogP contribution in [0.25, 0.3) is 0 Å². The molecular weight excluding hydrogens is 408 g/mol. The summed E-state index contributed by atoms with van der Waals surface area (Å²) in [5.74, 6) is 0.474. The van der Waals surface area contributed by atoms with Gasteiger partial charge in [0.15, 0.2) is 12.6 Å². The van der Waals surface area contributed by atoms with Crippen LogP contribution in [0.15, 0.2) is 60.3 Å². The van der Waals surface area contributed by atoms with Crippen molar-refractivity contribution in [1.82, 2.24) is 0 Å². The largest absolute Gasteiger partial charge is 0.394 e. The molecule has 0 bridgehead atoms. The first-order valence-electron chi connectivity index (χ1n) is 11.8. The van der Waals surface area contributed by atoms with E-state index < -0.39 is 43.6 Å². The Morgan fingerprint density at radius 3 is 2.50 bits per heavy atom. The minimum absolute atomic E-state index is 0.290. The molecule has 2 saturated heterocycles. The fraction of sp³-hybridized carbons (Fsp3) is 0.615. The molecule has 0 saturated carbocycles. The van der Waals surface area contributed by atoms with E-state index in [9.17, 15) is 10.2 Å². The van der Waals surface area contributed by atoms with E-state index in [0.717, 1.165) is 17.6 Å². The van der Waals surface area contributed by atoms with Gasteiger partial charge in [0, 0.05) is 11.1 Å². The maximum absolute atomic E-state index is 10.4. The van der Waals surface area contributed by atoms with Crippen molar-refractivity contribution in [2.75, 3.05) is 13.2 Å². The van der Waals surface area contributed by atoms with Crippen molar-refractivity contribution < 1.29 is 29.2 Å². The van der Waals surface area contributed by atoms with Crippen LogP contribution >= 0.6 is 0 Å². The molecule has 7 atom stereocenters. The summed E-state index contributed by atoms with van der Waals surface area (Å²) in [7, 11) is 0. The van der Waals surface area contributed by atoms with E-state index in [4.69, 9.17) is 18.9 Å². The van der Waals surface area contributed by atoms with Gasteiger partial charge in [0.05, 0.1) is 13.2 Å². The van der Waals surface area contributed by atoms with E-state index in [1.807, 2.05) is 58.9 Å². The Hall–Kier alpha value is -1.54. The highest BCUT2D eigenvalue weighted by atomic mass is 16.8. The first kappa shape index (κ1) is 28.5. The Labute approximate surface area is 193 Å². The van der Waals surface area contributed by atoms with Gasteiger partial charge in [-0.05, 0) is 19.3 Å². The molecule has 7 unspecified atom stereocenters. The van der Waals surface area contributed by atoms with Crippen molar-refractivity contribution in [2.24, 2.45) is 5.92 Å². The third-order valence-corrected chi connectivity index (χ3v) is 5.13. The Bertz CT molecular complexity index is 665. The zero-order valence-electron chi connectivity index (χ0n) is 20.4. The summed E-state index contributed by atoms with van der Waals surface area (Å²) in [6.45, 7) is 15.7. The average Bonchev–Trinajstić information content (AvgIpc) is 2.86. The third kappa shape index (κ3) is 7.51. The lowest BCUT2D eigenvalue weighted by Crippen LogP contribution is -2.61. The Morgan fingerprint density at radius 2 is 1.94 bits per heavy atom. The fourth-order valence-electron chi connectivity index (χ4n) is 3.48. The van der Waals surface area contributed by atoms with Gasteiger partial charge in [0.2, 0.25) is 0 Å². The van der Waals surface area contributed by atoms with Crippen LogP contribution in [-0.2, 0) is 18.9 Å². The van der Waals surface area contributed by atoms with Crippen molar-refractivity contribution in [3.05, 3.63) is 60.3 Å². The van der Waals surface area contributed by atoms with Crippen LogP contribution in [0.3, 0.4) is 0 Å². The predicted octanol–water partition coefficient (Wildman–Crippen LogP) is 4.45. The molecule has 3 rings (SSSR count). The Balaban J connectivity index is 0.00000121. The number of rotatable bonds is 6. The second kappa shape index (κ2) is 15.3. The first-order valence-corrected chi connectivity index (χ1v) is 11.8. The molecule has 2 fully saturated rings. The topological polar surface area (TPSA) is 77.4 Å². The average molecular weight is 451 g/mol. The van der Waals surface area contributed by atoms with Gasteiger partial charge >= 0.3 is 0 Å². The molecular formula is C26H42O6. The molecule has 0 aromatic rings. The summed E-state index contributed by atoms with van der Waals surface area (Å²) in [5, 5.41) is 19.9. The summed E-state index contributed by atoms with van der Waals surface area (Å²) < 4.78 is 24.1. The maximum Gasteiger partial charge on any atom is 0.184 e. The standard InChI is InChI=1S/C22H30O6.2C2H6/c1-4-6-7-15(5-2)21-25-13-18-20(28-21)19(17(24)12-23)27-22(26-18)16-10-8-14(3)9-11-16;2*1-2/h4-8,10-11,14,17-24H,2,9,12-13H2,1,3H3;2*1-2H3/b6-4-,15-7+;;. The van der Waals surface area contributed by atoms with Gasteiger partial charge in [-0.2, -0.15) is 0 Å². The maximum atomic E-state index is 10.4. The van der Waals surface area contributed by atoms with E-state index in [1.165, 1.54) is 0 Å². The second-order valence-electron chi connectivity index (χ2n) is 7.30. The highest BCUT2D eigenvalue weighted by Gasteiger charge is 2.48. The summed E-state index contributed by atoms with van der Waals surface area (Å²) in [5.41, 5.74) is 1.68. The van der Waals surface area contributed by atoms with Gasteiger partial charge in [0.1, 0.15) is 24.4 Å². The number of aliphatic hydroxyl groups excluding tert-OH is 2. The van der Waals surface area contributed by atoms with Crippen molar-refractivity contribution >= 4 is 0 Å². The van der Waals surface area contributed by atoms with Crippen LogP contribution in [0.1, 0.15) is 48.0 Å². The number of allylic oxidation sites excluding steroid dienone is 5. The monoisotopic (exact) mass is 450 g/mol. The van der Waals surface area contributed by atoms with Gasteiger partial charge in [-0.25, -0.2) is 0 Å². The zero-order chi connectivity index (χ0) is 24.1. The lowest BCUT2D eigenvalue weighted by Gasteiger charge is -2.47. The van der Waals surface area contributed by atoms with Crippen LogP contribution < -0.4 is 0 Å². The van der Waals surface area contributed by atoms with E-state index in [1.54, 1.807) is 6.08 Å². The quantitative estimate of drug-likeness (QED) is 0.582. The smallest absolute Gasteiger partial charge is 0.184 e. The second-order valence-corrected chi connectivity index (χ2v) is 7.30. The molecule has 0 spiro atoms. The lowest BCUT2D eigenvalue weighted by molar-refractivity contribution is -0.353. The minimum atomic E-state index is -1.09. The highest BCUT2D eigenvalue weighted by molar-refractivity contribution is 5.27. The van der Waals surface area contributed by atoms with Crippen molar-refractivity contribution in [2.45, 2.75) is 85.0 Å². The molecule has 2 N–H and O–H groups in total. The summed E-state index contributed by atoms with van der Waals surface area (Å²) in [6, 6.07) is 0. The van der Waals surface area contributed by atoms with Crippen LogP contribution in [-0.4, -0.2) is 60.4 Å². The number of aliphatic hydroxyl groups is 2. The molecule has 0 radical (unpaired) electrons. The van der Waals surface area contributed by atoms with Crippen LogP contribution in [0.4, 0.5) is 0 Å². The summed E-state index contributed by atoms with van der Waals surface area (Å²) >= 11 is 0. The van der Waals surface area contributed by atoms with Crippen molar-refractivity contribution in [3.63, 3.8) is 0 Å². The van der Waals surface area contributed by atoms with E-state index in [-0.39, 0.29) is 6.61 Å². The molecule has 1 aliphatic carbocycles. The van der Waals surface area contributed by atoms with E-state index in [0.29, 0.717) is 5.92 Å². The number of ether oxygens (including phenoxy) is 4. The molecule has 2 aliphatic heterocycles. The van der Waals surface area contributed by atoms with E-state index in [2.05, 4.69) is 25.7 Å². The number of hydrogen-bond donors (Lipinski definition) is 2. The number of fused-ring (bicyclic) bond motifs is 1. The molecule has 0 aromatic heterocycles. The Kier molecular flexibility index (Phi) is 13.6. The first-order chi connectivity index (χ1) is 15.6. The van der Waals surface area contributed by atoms with Gasteiger partial charge < -0.3 is 29.2 Å². The Morgan fingerprint density at radius 1 is 1.22 bits per heavy atom. The van der Waals surface area contributed by atoms with Gasteiger partial charge in [-0.1, -0.05) is 83.7 Å². The van der Waals surface area contributed by atoms with Crippen molar-refractivity contribution in [1.29, 1.82) is 0 Å². The lowest BCUT2D eigenvalue weighted by atomic mass is 9.96. The molecule has 0 aromatic carbocycles. The molecule has 6 nitrogen and oxygen atoms in total.